The van der Waals surface area contributed by atoms with Gasteiger partial charge >= 0.3 is 0 Å². The normalized spacial score (nSPS) is 30.7. The highest BCUT2D eigenvalue weighted by Gasteiger charge is 2.40. The quantitative estimate of drug-likeness (QED) is 0.778. The van der Waals surface area contributed by atoms with Gasteiger partial charge in [-0.05, 0) is 50.9 Å². The lowest BCUT2D eigenvalue weighted by molar-refractivity contribution is -0.133. The number of rotatable bonds is 6. The van der Waals surface area contributed by atoms with Crippen LogP contribution in [0, 0.1) is 17.3 Å². The largest absolute Gasteiger partial charge is 0.353 e. The third kappa shape index (κ3) is 4.48. The third-order valence-corrected chi connectivity index (χ3v) is 4.93. The Morgan fingerprint density at radius 1 is 1.37 bits per heavy atom. The molecular weight excluding hydrogens is 236 g/mol. The first kappa shape index (κ1) is 16.5. The molecule has 0 spiro atoms. The van der Waals surface area contributed by atoms with Gasteiger partial charge in [-0.15, -0.1) is 0 Å². The van der Waals surface area contributed by atoms with Crippen LogP contribution >= 0.6 is 0 Å². The van der Waals surface area contributed by atoms with Crippen LogP contribution in [0.3, 0.4) is 0 Å². The van der Waals surface area contributed by atoms with E-state index in [0.717, 1.165) is 38.0 Å². The molecule has 0 saturated heterocycles. The SMILES string of the molecule is CCC(C)CC(C)NC(=O)C1(CN)CCC(C)CC1. The molecule has 0 aliphatic heterocycles. The molecule has 3 nitrogen and oxygen atoms in total. The highest BCUT2D eigenvalue weighted by atomic mass is 16.2. The van der Waals surface area contributed by atoms with E-state index in [9.17, 15) is 4.79 Å². The molecule has 1 fully saturated rings. The number of carbonyl (C=O) groups excluding carboxylic acids is 1. The van der Waals surface area contributed by atoms with Gasteiger partial charge in [0, 0.05) is 12.6 Å². The van der Waals surface area contributed by atoms with Crippen LogP contribution in [0.4, 0.5) is 0 Å². The van der Waals surface area contributed by atoms with Gasteiger partial charge < -0.3 is 11.1 Å². The highest BCUT2D eigenvalue weighted by molar-refractivity contribution is 5.83. The van der Waals surface area contributed by atoms with Gasteiger partial charge in [0.1, 0.15) is 0 Å². The van der Waals surface area contributed by atoms with E-state index in [4.69, 9.17) is 5.73 Å². The van der Waals surface area contributed by atoms with Crippen molar-refractivity contribution in [1.82, 2.24) is 5.32 Å². The van der Waals surface area contributed by atoms with E-state index in [1.807, 2.05) is 0 Å². The zero-order valence-electron chi connectivity index (χ0n) is 13.2. The summed E-state index contributed by atoms with van der Waals surface area (Å²) in [5.41, 5.74) is 5.63. The summed E-state index contributed by atoms with van der Waals surface area (Å²) in [5, 5.41) is 3.20. The summed E-state index contributed by atoms with van der Waals surface area (Å²) >= 11 is 0. The van der Waals surface area contributed by atoms with Crippen LogP contribution in [0.25, 0.3) is 0 Å². The molecule has 19 heavy (non-hydrogen) atoms. The summed E-state index contributed by atoms with van der Waals surface area (Å²) in [5.74, 6) is 1.60. The van der Waals surface area contributed by atoms with Crippen molar-refractivity contribution in [2.75, 3.05) is 6.54 Å². The number of carbonyl (C=O) groups is 1. The molecule has 0 aromatic rings. The van der Waals surface area contributed by atoms with Crippen LogP contribution < -0.4 is 11.1 Å². The van der Waals surface area contributed by atoms with Crippen LogP contribution in [0.1, 0.15) is 66.2 Å². The smallest absolute Gasteiger partial charge is 0.227 e. The molecule has 1 saturated carbocycles. The summed E-state index contributed by atoms with van der Waals surface area (Å²) in [6.45, 7) is 9.30. The Morgan fingerprint density at radius 3 is 2.42 bits per heavy atom. The predicted octanol–water partition coefficient (Wildman–Crippen LogP) is 3.08. The maximum Gasteiger partial charge on any atom is 0.227 e. The average Bonchev–Trinajstić information content (AvgIpc) is 2.39. The first-order valence-corrected chi connectivity index (χ1v) is 7.94. The van der Waals surface area contributed by atoms with E-state index >= 15 is 0 Å². The second-order valence-corrected chi connectivity index (χ2v) is 6.79. The monoisotopic (exact) mass is 268 g/mol. The second kappa shape index (κ2) is 7.28. The van der Waals surface area contributed by atoms with Crippen molar-refractivity contribution >= 4 is 5.91 Å². The Labute approximate surface area is 118 Å². The van der Waals surface area contributed by atoms with Crippen molar-refractivity contribution < 1.29 is 4.79 Å². The molecule has 3 heteroatoms. The predicted molar refractivity (Wildman–Crippen MR) is 80.8 cm³/mol. The minimum atomic E-state index is -0.295. The molecule has 1 aliphatic carbocycles. The van der Waals surface area contributed by atoms with Gasteiger partial charge in [-0.25, -0.2) is 0 Å². The van der Waals surface area contributed by atoms with Crippen LogP contribution in [0.15, 0.2) is 0 Å². The van der Waals surface area contributed by atoms with Gasteiger partial charge in [-0.1, -0.05) is 27.2 Å². The number of hydrogen-bond acceptors (Lipinski definition) is 2. The summed E-state index contributed by atoms with van der Waals surface area (Å²) < 4.78 is 0. The maximum absolute atomic E-state index is 12.5. The molecule has 2 unspecified atom stereocenters. The Hall–Kier alpha value is -0.570. The van der Waals surface area contributed by atoms with Crippen molar-refractivity contribution in [2.24, 2.45) is 23.0 Å². The minimum absolute atomic E-state index is 0.192. The molecule has 0 aromatic heterocycles. The van der Waals surface area contributed by atoms with Gasteiger partial charge in [-0.2, -0.15) is 0 Å². The molecule has 1 amide bonds. The van der Waals surface area contributed by atoms with Crippen molar-refractivity contribution in [2.45, 2.75) is 72.3 Å². The van der Waals surface area contributed by atoms with Gasteiger partial charge in [0.15, 0.2) is 0 Å². The molecule has 2 atom stereocenters. The zero-order chi connectivity index (χ0) is 14.5. The highest BCUT2D eigenvalue weighted by Crippen LogP contribution is 2.38. The molecular formula is C16H32N2O. The number of nitrogens with one attached hydrogen (secondary N) is 1. The van der Waals surface area contributed by atoms with Gasteiger partial charge in [-0.3, -0.25) is 4.79 Å². The Kier molecular flexibility index (Phi) is 6.31. The van der Waals surface area contributed by atoms with Crippen LogP contribution in [-0.2, 0) is 4.79 Å². The number of nitrogens with two attached hydrogens (primary N) is 1. The third-order valence-electron chi connectivity index (χ3n) is 4.93. The molecule has 1 aliphatic rings. The van der Waals surface area contributed by atoms with Crippen LogP contribution in [0.5, 0.6) is 0 Å². The molecule has 0 aromatic carbocycles. The maximum atomic E-state index is 12.5. The number of hydrogen-bond donors (Lipinski definition) is 2. The summed E-state index contributed by atoms with van der Waals surface area (Å²) in [6.07, 6.45) is 6.38. The van der Waals surface area contributed by atoms with Crippen molar-refractivity contribution in [3.63, 3.8) is 0 Å². The fourth-order valence-electron chi connectivity index (χ4n) is 3.04. The molecule has 0 radical (unpaired) electrons. The van der Waals surface area contributed by atoms with E-state index in [1.54, 1.807) is 0 Å². The molecule has 1 rings (SSSR count). The van der Waals surface area contributed by atoms with Crippen molar-refractivity contribution in [3.8, 4) is 0 Å². The van der Waals surface area contributed by atoms with Crippen LogP contribution in [-0.4, -0.2) is 18.5 Å². The van der Waals surface area contributed by atoms with Crippen molar-refractivity contribution in [1.29, 1.82) is 0 Å². The second-order valence-electron chi connectivity index (χ2n) is 6.79. The lowest BCUT2D eigenvalue weighted by atomic mass is 9.70. The lowest BCUT2D eigenvalue weighted by Gasteiger charge is -2.38. The Bertz CT molecular complexity index is 282. The van der Waals surface area contributed by atoms with E-state index < -0.39 is 0 Å². The fraction of sp³-hybridized carbons (Fsp3) is 0.938. The fourth-order valence-corrected chi connectivity index (χ4v) is 3.04. The summed E-state index contributed by atoms with van der Waals surface area (Å²) in [7, 11) is 0. The Morgan fingerprint density at radius 2 is 1.95 bits per heavy atom. The van der Waals surface area contributed by atoms with E-state index in [2.05, 4.69) is 33.0 Å². The van der Waals surface area contributed by atoms with E-state index in [1.165, 1.54) is 6.42 Å². The lowest BCUT2D eigenvalue weighted by Crippen LogP contribution is -2.50. The summed E-state index contributed by atoms with van der Waals surface area (Å²) in [4.78, 5) is 12.5. The van der Waals surface area contributed by atoms with Gasteiger partial charge in [0.2, 0.25) is 5.91 Å². The summed E-state index contributed by atoms with van der Waals surface area (Å²) in [6, 6.07) is 0.255. The average molecular weight is 268 g/mol. The first-order chi connectivity index (χ1) is 8.93. The van der Waals surface area contributed by atoms with Gasteiger partial charge in [0.05, 0.1) is 5.41 Å². The zero-order valence-corrected chi connectivity index (χ0v) is 13.2. The standard InChI is InChI=1S/C16H32N2O/c1-5-12(2)10-14(4)18-15(19)16(11-17)8-6-13(3)7-9-16/h12-14H,5-11,17H2,1-4H3,(H,18,19). The Balaban J connectivity index is 2.54. The van der Waals surface area contributed by atoms with Gasteiger partial charge in [0.25, 0.3) is 0 Å². The molecule has 112 valence electrons. The molecule has 0 heterocycles. The van der Waals surface area contributed by atoms with E-state index in [0.29, 0.717) is 12.5 Å². The molecule has 3 N–H and O–H groups in total. The minimum Gasteiger partial charge on any atom is -0.353 e. The van der Waals surface area contributed by atoms with Crippen LogP contribution in [0.2, 0.25) is 0 Å². The number of amides is 1. The van der Waals surface area contributed by atoms with E-state index in [-0.39, 0.29) is 17.4 Å². The first-order valence-electron chi connectivity index (χ1n) is 7.94. The molecule has 0 bridgehead atoms. The topological polar surface area (TPSA) is 55.1 Å². The van der Waals surface area contributed by atoms with Crippen molar-refractivity contribution in [3.05, 3.63) is 0 Å².